The number of carbonyl (C=O) groups is 1. The first-order valence-electron chi connectivity index (χ1n) is 8.64. The Bertz CT molecular complexity index is 517. The van der Waals surface area contributed by atoms with Gasteiger partial charge >= 0.3 is 0 Å². The van der Waals surface area contributed by atoms with Gasteiger partial charge in [-0.25, -0.2) is 4.98 Å². The third-order valence-electron chi connectivity index (χ3n) is 5.24. The van der Waals surface area contributed by atoms with Gasteiger partial charge in [-0.05, 0) is 56.6 Å². The van der Waals surface area contributed by atoms with Crippen molar-refractivity contribution in [3.05, 3.63) is 23.9 Å². The number of hydrogen-bond donors (Lipinski definition) is 0. The van der Waals surface area contributed by atoms with E-state index in [-0.39, 0.29) is 5.91 Å². The van der Waals surface area contributed by atoms with Gasteiger partial charge in [-0.2, -0.15) is 0 Å². The molecule has 4 heteroatoms. The van der Waals surface area contributed by atoms with E-state index in [9.17, 15) is 4.79 Å². The molecule has 2 fully saturated rings. The van der Waals surface area contributed by atoms with Crippen LogP contribution in [0, 0.1) is 5.92 Å². The van der Waals surface area contributed by atoms with Gasteiger partial charge in [-0.3, -0.25) is 4.79 Å². The molecule has 1 saturated heterocycles. The van der Waals surface area contributed by atoms with Gasteiger partial charge in [0.2, 0.25) is 0 Å². The van der Waals surface area contributed by atoms with Crippen molar-refractivity contribution in [3.63, 3.8) is 0 Å². The Morgan fingerprint density at radius 2 is 1.86 bits per heavy atom. The number of likely N-dealkylation sites (tertiary alicyclic amines) is 1. The maximum atomic E-state index is 12.5. The van der Waals surface area contributed by atoms with Crippen LogP contribution in [-0.4, -0.2) is 42.0 Å². The maximum absolute atomic E-state index is 12.5. The van der Waals surface area contributed by atoms with Gasteiger partial charge in [0.25, 0.3) is 5.91 Å². The molecule has 2 aliphatic rings. The molecule has 1 amide bonds. The zero-order valence-corrected chi connectivity index (χ0v) is 13.8. The minimum atomic E-state index is 0.0880. The van der Waals surface area contributed by atoms with E-state index in [0.717, 1.165) is 37.7 Å². The van der Waals surface area contributed by atoms with Gasteiger partial charge in [0.1, 0.15) is 11.5 Å². The quantitative estimate of drug-likeness (QED) is 0.859. The molecule has 0 spiro atoms. The fraction of sp³-hybridized carbons (Fsp3) is 0.667. The molecule has 1 aromatic heterocycles. The fourth-order valence-electron chi connectivity index (χ4n) is 3.64. The van der Waals surface area contributed by atoms with Crippen molar-refractivity contribution in [1.29, 1.82) is 0 Å². The number of aromatic nitrogens is 1. The number of anilines is 1. The van der Waals surface area contributed by atoms with E-state index in [1.54, 1.807) is 0 Å². The minimum Gasteiger partial charge on any atom is -0.357 e. The first-order valence-corrected chi connectivity index (χ1v) is 8.64. The first-order chi connectivity index (χ1) is 10.6. The van der Waals surface area contributed by atoms with Gasteiger partial charge in [0.05, 0.1) is 0 Å². The van der Waals surface area contributed by atoms with E-state index < -0.39 is 0 Å². The Balaban J connectivity index is 1.71. The summed E-state index contributed by atoms with van der Waals surface area (Å²) in [7, 11) is 2.12. The second-order valence-electron chi connectivity index (χ2n) is 6.90. The first kappa shape index (κ1) is 15.3. The molecule has 22 heavy (non-hydrogen) atoms. The molecular formula is C18H27N3O. The normalized spacial score (nSPS) is 25.3. The molecule has 3 rings (SSSR count). The number of amides is 1. The molecule has 0 bridgehead atoms. The molecule has 0 N–H and O–H groups in total. The Morgan fingerprint density at radius 3 is 2.55 bits per heavy atom. The van der Waals surface area contributed by atoms with Crippen molar-refractivity contribution >= 4 is 11.7 Å². The third kappa shape index (κ3) is 3.26. The highest BCUT2D eigenvalue weighted by atomic mass is 16.2. The summed E-state index contributed by atoms with van der Waals surface area (Å²) in [5, 5.41) is 0. The minimum absolute atomic E-state index is 0.0880. The molecule has 1 aromatic rings. The SMILES string of the molecule is CC1CCC(N(C)c2cccc(C(=O)N3CCCC3)n2)CC1. The van der Waals surface area contributed by atoms with Crippen LogP contribution in [0.2, 0.25) is 0 Å². The van der Waals surface area contributed by atoms with E-state index in [4.69, 9.17) is 0 Å². The van der Waals surface area contributed by atoms with Crippen LogP contribution in [0.3, 0.4) is 0 Å². The van der Waals surface area contributed by atoms with Crippen LogP contribution < -0.4 is 4.90 Å². The predicted octanol–water partition coefficient (Wildman–Crippen LogP) is 3.33. The maximum Gasteiger partial charge on any atom is 0.272 e. The molecule has 1 saturated carbocycles. The number of carbonyl (C=O) groups excluding carboxylic acids is 1. The highest BCUT2D eigenvalue weighted by Crippen LogP contribution is 2.28. The molecule has 120 valence electrons. The van der Waals surface area contributed by atoms with Gasteiger partial charge in [-0.1, -0.05) is 13.0 Å². The van der Waals surface area contributed by atoms with Crippen LogP contribution in [0.5, 0.6) is 0 Å². The summed E-state index contributed by atoms with van der Waals surface area (Å²) in [6.45, 7) is 4.09. The lowest BCUT2D eigenvalue weighted by atomic mass is 9.87. The van der Waals surface area contributed by atoms with E-state index in [2.05, 4.69) is 23.9 Å². The fourth-order valence-corrected chi connectivity index (χ4v) is 3.64. The second-order valence-corrected chi connectivity index (χ2v) is 6.90. The summed E-state index contributed by atoms with van der Waals surface area (Å²) in [5.74, 6) is 1.87. The lowest BCUT2D eigenvalue weighted by molar-refractivity contribution is 0.0787. The summed E-state index contributed by atoms with van der Waals surface area (Å²) >= 11 is 0. The summed E-state index contributed by atoms with van der Waals surface area (Å²) < 4.78 is 0. The van der Waals surface area contributed by atoms with E-state index in [0.29, 0.717) is 11.7 Å². The van der Waals surface area contributed by atoms with Gasteiger partial charge in [0.15, 0.2) is 0 Å². The van der Waals surface area contributed by atoms with Crippen LogP contribution in [0.15, 0.2) is 18.2 Å². The standard InChI is InChI=1S/C18H27N3O/c1-14-8-10-15(11-9-14)20(2)17-7-5-6-16(19-17)18(22)21-12-3-4-13-21/h5-7,14-15H,3-4,8-13H2,1-2H3. The molecule has 1 aliphatic carbocycles. The van der Waals surface area contributed by atoms with Gasteiger partial charge in [-0.15, -0.1) is 0 Å². The molecule has 0 unspecified atom stereocenters. The zero-order chi connectivity index (χ0) is 15.5. The third-order valence-corrected chi connectivity index (χ3v) is 5.24. The van der Waals surface area contributed by atoms with Crippen molar-refractivity contribution in [2.24, 2.45) is 5.92 Å². The van der Waals surface area contributed by atoms with Gasteiger partial charge < -0.3 is 9.80 Å². The smallest absolute Gasteiger partial charge is 0.272 e. The van der Waals surface area contributed by atoms with Crippen molar-refractivity contribution in [2.45, 2.75) is 51.5 Å². The number of rotatable bonds is 3. The lowest BCUT2D eigenvalue weighted by Crippen LogP contribution is -2.36. The average Bonchev–Trinajstić information content (AvgIpc) is 3.09. The Hall–Kier alpha value is -1.58. The van der Waals surface area contributed by atoms with E-state index in [1.807, 2.05) is 23.1 Å². The molecule has 0 radical (unpaired) electrons. The summed E-state index contributed by atoms with van der Waals surface area (Å²) in [6.07, 6.45) is 7.27. The summed E-state index contributed by atoms with van der Waals surface area (Å²) in [4.78, 5) is 21.3. The average molecular weight is 301 g/mol. The van der Waals surface area contributed by atoms with Crippen molar-refractivity contribution in [1.82, 2.24) is 9.88 Å². The van der Waals surface area contributed by atoms with Crippen LogP contribution in [0.4, 0.5) is 5.82 Å². The van der Waals surface area contributed by atoms with Crippen LogP contribution >= 0.6 is 0 Å². The van der Waals surface area contributed by atoms with Crippen LogP contribution in [0.1, 0.15) is 55.9 Å². The topological polar surface area (TPSA) is 36.4 Å². The molecule has 0 atom stereocenters. The number of pyridine rings is 1. The van der Waals surface area contributed by atoms with Crippen LogP contribution in [-0.2, 0) is 0 Å². The van der Waals surface area contributed by atoms with Crippen molar-refractivity contribution in [3.8, 4) is 0 Å². The number of hydrogen-bond acceptors (Lipinski definition) is 3. The lowest BCUT2D eigenvalue weighted by Gasteiger charge is -2.34. The predicted molar refractivity (Wildman–Crippen MR) is 89.2 cm³/mol. The second kappa shape index (κ2) is 6.67. The molecule has 0 aromatic carbocycles. The Labute approximate surface area is 133 Å². The Morgan fingerprint density at radius 1 is 1.18 bits per heavy atom. The molecule has 1 aliphatic heterocycles. The highest BCUT2D eigenvalue weighted by Gasteiger charge is 2.24. The zero-order valence-electron chi connectivity index (χ0n) is 13.8. The van der Waals surface area contributed by atoms with E-state index in [1.165, 1.54) is 25.7 Å². The summed E-state index contributed by atoms with van der Waals surface area (Å²) in [6, 6.07) is 6.40. The Kier molecular flexibility index (Phi) is 4.65. The molecular weight excluding hydrogens is 274 g/mol. The largest absolute Gasteiger partial charge is 0.357 e. The molecule has 4 nitrogen and oxygen atoms in total. The van der Waals surface area contributed by atoms with Crippen molar-refractivity contribution < 1.29 is 4.79 Å². The highest BCUT2D eigenvalue weighted by molar-refractivity contribution is 5.92. The van der Waals surface area contributed by atoms with Crippen molar-refractivity contribution in [2.75, 3.05) is 25.0 Å². The van der Waals surface area contributed by atoms with E-state index >= 15 is 0 Å². The molecule has 2 heterocycles. The number of nitrogens with zero attached hydrogens (tertiary/aromatic N) is 3. The monoisotopic (exact) mass is 301 g/mol. The van der Waals surface area contributed by atoms with Gasteiger partial charge in [0, 0.05) is 26.2 Å². The summed E-state index contributed by atoms with van der Waals surface area (Å²) in [5.41, 5.74) is 0.593. The van der Waals surface area contributed by atoms with Crippen LogP contribution in [0.25, 0.3) is 0 Å².